The third kappa shape index (κ3) is 3.94. The molecular weight excluding hydrogens is 302 g/mol. The van der Waals surface area contributed by atoms with Crippen molar-refractivity contribution in [3.05, 3.63) is 29.3 Å². The number of hydrogen-bond donors (Lipinski definition) is 0. The van der Waals surface area contributed by atoms with E-state index in [0.717, 1.165) is 63.1 Å². The largest absolute Gasteiger partial charge is 0.380 e. The molecule has 3 heterocycles. The number of rotatable bonds is 6. The van der Waals surface area contributed by atoms with Crippen LogP contribution >= 0.6 is 0 Å². The SMILES string of the molecule is CCOCCN1CCN(Cc2cn3c(C)cc(C)nc3n2)CC1C. The molecule has 1 fully saturated rings. The van der Waals surface area contributed by atoms with E-state index in [1.54, 1.807) is 0 Å². The Labute approximate surface area is 144 Å². The van der Waals surface area contributed by atoms with Crippen LogP contribution in [0.3, 0.4) is 0 Å². The number of fused-ring (bicyclic) bond motifs is 1. The second-order valence-corrected chi connectivity index (χ2v) is 6.76. The van der Waals surface area contributed by atoms with E-state index in [0.29, 0.717) is 6.04 Å². The zero-order valence-corrected chi connectivity index (χ0v) is 15.3. The minimum absolute atomic E-state index is 0.554. The van der Waals surface area contributed by atoms with Crippen LogP contribution in [-0.4, -0.2) is 69.6 Å². The van der Waals surface area contributed by atoms with Gasteiger partial charge < -0.3 is 4.74 Å². The maximum Gasteiger partial charge on any atom is 0.234 e. The topological polar surface area (TPSA) is 45.9 Å². The summed E-state index contributed by atoms with van der Waals surface area (Å²) < 4.78 is 7.57. The fraction of sp³-hybridized carbons (Fsp3) is 0.667. The first-order valence-corrected chi connectivity index (χ1v) is 8.93. The van der Waals surface area contributed by atoms with Crippen LogP contribution in [0.25, 0.3) is 5.78 Å². The maximum absolute atomic E-state index is 5.49. The smallest absolute Gasteiger partial charge is 0.234 e. The molecule has 1 aliphatic heterocycles. The van der Waals surface area contributed by atoms with E-state index in [-0.39, 0.29) is 0 Å². The normalized spacial score (nSPS) is 20.1. The number of hydrogen-bond acceptors (Lipinski definition) is 5. The van der Waals surface area contributed by atoms with E-state index >= 15 is 0 Å². The molecule has 1 saturated heterocycles. The van der Waals surface area contributed by atoms with Crippen molar-refractivity contribution in [3.63, 3.8) is 0 Å². The number of aromatic nitrogens is 3. The molecule has 0 saturated carbocycles. The van der Waals surface area contributed by atoms with Gasteiger partial charge in [-0.05, 0) is 33.8 Å². The molecule has 6 heteroatoms. The van der Waals surface area contributed by atoms with Crippen molar-refractivity contribution in [1.82, 2.24) is 24.2 Å². The third-order valence-corrected chi connectivity index (χ3v) is 4.77. The highest BCUT2D eigenvalue weighted by molar-refractivity contribution is 5.34. The number of aryl methyl sites for hydroxylation is 2. The van der Waals surface area contributed by atoms with E-state index < -0.39 is 0 Å². The number of nitrogens with zero attached hydrogens (tertiary/aromatic N) is 5. The van der Waals surface area contributed by atoms with Crippen molar-refractivity contribution in [3.8, 4) is 0 Å². The summed E-state index contributed by atoms with van der Waals surface area (Å²) in [6.45, 7) is 15.3. The van der Waals surface area contributed by atoms with Crippen LogP contribution in [0.4, 0.5) is 0 Å². The number of ether oxygens (including phenoxy) is 1. The summed E-state index contributed by atoms with van der Waals surface area (Å²) in [5.74, 6) is 0.811. The lowest BCUT2D eigenvalue weighted by Crippen LogP contribution is -2.52. The minimum atomic E-state index is 0.554. The quantitative estimate of drug-likeness (QED) is 0.757. The summed E-state index contributed by atoms with van der Waals surface area (Å²) in [5, 5.41) is 0. The van der Waals surface area contributed by atoms with Crippen LogP contribution in [0.5, 0.6) is 0 Å². The molecule has 2 aromatic heterocycles. The molecule has 2 aromatic rings. The molecule has 0 aromatic carbocycles. The number of piperazine rings is 1. The Kier molecular flexibility index (Phi) is 5.48. The minimum Gasteiger partial charge on any atom is -0.380 e. The lowest BCUT2D eigenvalue weighted by molar-refractivity contribution is 0.0462. The molecule has 0 spiro atoms. The van der Waals surface area contributed by atoms with Gasteiger partial charge in [-0.3, -0.25) is 14.2 Å². The van der Waals surface area contributed by atoms with Crippen LogP contribution in [0.15, 0.2) is 12.3 Å². The van der Waals surface area contributed by atoms with Gasteiger partial charge in [-0.2, -0.15) is 0 Å². The van der Waals surface area contributed by atoms with Gasteiger partial charge in [0.15, 0.2) is 0 Å². The summed E-state index contributed by atoms with van der Waals surface area (Å²) in [6, 6.07) is 2.65. The molecule has 0 radical (unpaired) electrons. The van der Waals surface area contributed by atoms with Crippen LogP contribution in [0.1, 0.15) is 30.9 Å². The second-order valence-electron chi connectivity index (χ2n) is 6.76. The Balaban J connectivity index is 1.60. The first-order chi connectivity index (χ1) is 11.6. The first-order valence-electron chi connectivity index (χ1n) is 8.93. The Morgan fingerprint density at radius 1 is 1.25 bits per heavy atom. The molecule has 1 unspecified atom stereocenters. The lowest BCUT2D eigenvalue weighted by atomic mass is 10.2. The highest BCUT2D eigenvalue weighted by Crippen LogP contribution is 2.14. The lowest BCUT2D eigenvalue weighted by Gasteiger charge is -2.39. The molecule has 132 valence electrons. The van der Waals surface area contributed by atoms with Gasteiger partial charge >= 0.3 is 0 Å². The molecular formula is C18H29N5O. The molecule has 0 N–H and O–H groups in total. The fourth-order valence-corrected chi connectivity index (χ4v) is 3.50. The Morgan fingerprint density at radius 3 is 2.83 bits per heavy atom. The van der Waals surface area contributed by atoms with Crippen molar-refractivity contribution < 1.29 is 4.74 Å². The highest BCUT2D eigenvalue weighted by Gasteiger charge is 2.23. The maximum atomic E-state index is 5.49. The third-order valence-electron chi connectivity index (χ3n) is 4.77. The van der Waals surface area contributed by atoms with Crippen LogP contribution < -0.4 is 0 Å². The molecule has 1 aliphatic rings. The molecule has 0 aliphatic carbocycles. The average molecular weight is 331 g/mol. The monoisotopic (exact) mass is 331 g/mol. The summed E-state index contributed by atoms with van der Waals surface area (Å²) >= 11 is 0. The van der Waals surface area contributed by atoms with E-state index in [1.165, 1.54) is 5.69 Å². The number of imidazole rings is 1. The van der Waals surface area contributed by atoms with Crippen LogP contribution in [0, 0.1) is 13.8 Å². The molecule has 3 rings (SSSR count). The summed E-state index contributed by atoms with van der Waals surface area (Å²) in [5.41, 5.74) is 3.31. The summed E-state index contributed by atoms with van der Waals surface area (Å²) in [6.07, 6.45) is 2.13. The van der Waals surface area contributed by atoms with Gasteiger partial charge in [0, 0.05) is 63.0 Å². The molecule has 0 amide bonds. The van der Waals surface area contributed by atoms with Crippen molar-refractivity contribution in [2.75, 3.05) is 39.4 Å². The van der Waals surface area contributed by atoms with E-state index in [9.17, 15) is 0 Å². The molecule has 0 bridgehead atoms. The van der Waals surface area contributed by atoms with Crippen LogP contribution in [-0.2, 0) is 11.3 Å². The zero-order valence-electron chi connectivity index (χ0n) is 15.3. The average Bonchev–Trinajstić information content (AvgIpc) is 2.92. The Morgan fingerprint density at radius 2 is 2.08 bits per heavy atom. The van der Waals surface area contributed by atoms with Crippen molar-refractivity contribution >= 4 is 5.78 Å². The Hall–Kier alpha value is -1.50. The standard InChI is InChI=1S/C18H29N5O/c1-5-24-9-8-22-7-6-21(11-16(22)4)12-17-13-23-15(3)10-14(2)19-18(23)20-17/h10,13,16H,5-9,11-12H2,1-4H3. The fourth-order valence-electron chi connectivity index (χ4n) is 3.50. The first kappa shape index (κ1) is 17.3. The predicted octanol–water partition coefficient (Wildman–Crippen LogP) is 1.89. The summed E-state index contributed by atoms with van der Waals surface area (Å²) in [4.78, 5) is 14.3. The van der Waals surface area contributed by atoms with Crippen molar-refractivity contribution in [1.29, 1.82) is 0 Å². The highest BCUT2D eigenvalue weighted by atomic mass is 16.5. The Bertz CT molecular complexity index is 683. The zero-order chi connectivity index (χ0) is 17.1. The van der Waals surface area contributed by atoms with Gasteiger partial charge in [0.25, 0.3) is 0 Å². The van der Waals surface area contributed by atoms with Crippen molar-refractivity contribution in [2.24, 2.45) is 0 Å². The summed E-state index contributed by atoms with van der Waals surface area (Å²) in [7, 11) is 0. The molecule has 24 heavy (non-hydrogen) atoms. The van der Waals surface area contributed by atoms with E-state index in [4.69, 9.17) is 9.72 Å². The van der Waals surface area contributed by atoms with Gasteiger partial charge in [-0.25, -0.2) is 9.97 Å². The van der Waals surface area contributed by atoms with Gasteiger partial charge in [-0.1, -0.05) is 0 Å². The second kappa shape index (κ2) is 7.59. The molecule has 6 nitrogen and oxygen atoms in total. The van der Waals surface area contributed by atoms with Gasteiger partial charge in [0.1, 0.15) is 0 Å². The molecule has 1 atom stereocenters. The van der Waals surface area contributed by atoms with E-state index in [1.807, 2.05) is 13.8 Å². The van der Waals surface area contributed by atoms with E-state index in [2.05, 4.69) is 45.3 Å². The van der Waals surface area contributed by atoms with Gasteiger partial charge in [-0.15, -0.1) is 0 Å². The van der Waals surface area contributed by atoms with Crippen molar-refractivity contribution in [2.45, 2.75) is 40.3 Å². The van der Waals surface area contributed by atoms with Gasteiger partial charge in [0.2, 0.25) is 5.78 Å². The van der Waals surface area contributed by atoms with Crippen LogP contribution in [0.2, 0.25) is 0 Å². The predicted molar refractivity (Wildman–Crippen MR) is 95.3 cm³/mol. The van der Waals surface area contributed by atoms with Gasteiger partial charge in [0.05, 0.1) is 12.3 Å².